The molecule has 2 N–H and O–H groups in total. The minimum absolute atomic E-state index is 0.115. The summed E-state index contributed by atoms with van der Waals surface area (Å²) in [5, 5.41) is 11.0. The van der Waals surface area contributed by atoms with Crippen molar-refractivity contribution in [3.8, 4) is 11.5 Å². The first-order chi connectivity index (χ1) is 5.29. The molecule has 0 aliphatic heterocycles. The van der Waals surface area contributed by atoms with E-state index in [-0.39, 0.29) is 5.75 Å². The third kappa shape index (κ3) is 1.43. The highest BCUT2D eigenvalue weighted by Gasteiger charge is 2.06. The summed E-state index contributed by atoms with van der Waals surface area (Å²) in [6, 6.07) is 4.91. The van der Waals surface area contributed by atoms with Gasteiger partial charge in [0.2, 0.25) is 5.75 Å². The molecule has 0 amide bonds. The van der Waals surface area contributed by atoms with Crippen LogP contribution in [0.1, 0.15) is 5.56 Å². The molecule has 3 nitrogen and oxygen atoms in total. The quantitative estimate of drug-likeness (QED) is 0.694. The maximum absolute atomic E-state index is 11.0. The molecule has 1 aromatic carbocycles. The maximum atomic E-state index is 11.0. The number of ether oxygens (including phenoxy) is 1. The van der Waals surface area contributed by atoms with Gasteiger partial charge in [-0.05, 0) is 6.07 Å². The second kappa shape index (κ2) is 3.25. The van der Waals surface area contributed by atoms with Crippen LogP contribution in [0.3, 0.4) is 0 Å². The highest BCUT2D eigenvalue weighted by atomic mass is 16.5. The monoisotopic (exact) mass is 152 g/mol. The highest BCUT2D eigenvalue weighted by Crippen LogP contribution is 2.29. The molecule has 0 unspecified atom stereocenters. The van der Waals surface area contributed by atoms with Gasteiger partial charge in [0, 0.05) is 12.1 Å². The van der Waals surface area contributed by atoms with E-state index in [2.05, 4.69) is 0 Å². The average molecular weight is 152 g/mol. The van der Waals surface area contributed by atoms with Crippen molar-refractivity contribution in [2.75, 3.05) is 7.11 Å². The SMILES string of the molecule is COc1c([O])cccc1CN. The van der Waals surface area contributed by atoms with E-state index in [0.717, 1.165) is 5.56 Å². The van der Waals surface area contributed by atoms with Crippen molar-refractivity contribution in [2.45, 2.75) is 6.54 Å². The molecule has 0 spiro atoms. The first-order valence-electron chi connectivity index (χ1n) is 3.32. The Morgan fingerprint density at radius 2 is 2.27 bits per heavy atom. The van der Waals surface area contributed by atoms with Crippen molar-refractivity contribution in [2.24, 2.45) is 5.73 Å². The smallest absolute Gasteiger partial charge is 0.220 e. The van der Waals surface area contributed by atoms with Crippen LogP contribution in [0.15, 0.2) is 18.2 Å². The Kier molecular flexibility index (Phi) is 2.33. The third-order valence-corrected chi connectivity index (χ3v) is 1.48. The van der Waals surface area contributed by atoms with Gasteiger partial charge in [0.15, 0.2) is 5.75 Å². The Labute approximate surface area is 65.4 Å². The number of rotatable bonds is 2. The number of nitrogens with two attached hydrogens (primary N) is 1. The third-order valence-electron chi connectivity index (χ3n) is 1.48. The van der Waals surface area contributed by atoms with E-state index in [4.69, 9.17) is 10.5 Å². The molecule has 11 heavy (non-hydrogen) atoms. The largest absolute Gasteiger partial charge is 0.492 e. The molecule has 3 heteroatoms. The highest BCUT2D eigenvalue weighted by molar-refractivity contribution is 5.45. The normalized spacial score (nSPS) is 9.64. The van der Waals surface area contributed by atoms with Crippen LogP contribution in [0.25, 0.3) is 0 Å². The molecular formula is C8H10NO2. The molecule has 1 rings (SSSR count). The number of benzene rings is 1. The number of hydrogen-bond donors (Lipinski definition) is 1. The lowest BCUT2D eigenvalue weighted by molar-refractivity contribution is 0.313. The minimum atomic E-state index is -0.115. The first kappa shape index (κ1) is 7.88. The standard InChI is InChI=1S/C8H10NO2/c1-11-8-6(5-9)3-2-4-7(8)10/h2-4H,5,9H2,1H3. The van der Waals surface area contributed by atoms with Gasteiger partial charge in [0.1, 0.15) is 0 Å². The molecule has 0 fully saturated rings. The molecule has 0 aliphatic rings. The van der Waals surface area contributed by atoms with Crippen LogP contribution in [0.2, 0.25) is 0 Å². The second-order valence-corrected chi connectivity index (χ2v) is 2.15. The molecule has 0 aliphatic carbocycles. The Hall–Kier alpha value is -1.22. The number of hydrogen-bond acceptors (Lipinski definition) is 2. The zero-order chi connectivity index (χ0) is 8.27. The van der Waals surface area contributed by atoms with Crippen molar-refractivity contribution in [1.82, 2.24) is 0 Å². The fraction of sp³-hybridized carbons (Fsp3) is 0.250. The Morgan fingerprint density at radius 1 is 1.55 bits per heavy atom. The van der Waals surface area contributed by atoms with Crippen molar-refractivity contribution in [1.29, 1.82) is 0 Å². The van der Waals surface area contributed by atoms with Gasteiger partial charge in [0.05, 0.1) is 7.11 Å². The van der Waals surface area contributed by atoms with Gasteiger partial charge < -0.3 is 10.5 Å². The minimum Gasteiger partial charge on any atom is -0.492 e. The van der Waals surface area contributed by atoms with Gasteiger partial charge in [-0.1, -0.05) is 12.1 Å². The molecule has 0 atom stereocenters. The van der Waals surface area contributed by atoms with Gasteiger partial charge in [0.25, 0.3) is 0 Å². The summed E-state index contributed by atoms with van der Waals surface area (Å²) in [6.07, 6.45) is 0. The molecule has 1 aromatic rings. The zero-order valence-corrected chi connectivity index (χ0v) is 6.33. The Bertz CT molecular complexity index is 248. The summed E-state index contributed by atoms with van der Waals surface area (Å²) in [4.78, 5) is 0. The Balaban J connectivity index is 3.13. The fourth-order valence-electron chi connectivity index (χ4n) is 0.954. The molecule has 1 radical (unpaired) electrons. The lowest BCUT2D eigenvalue weighted by Crippen LogP contribution is -1.99. The fourth-order valence-corrected chi connectivity index (χ4v) is 0.954. The maximum Gasteiger partial charge on any atom is 0.220 e. The lowest BCUT2D eigenvalue weighted by Gasteiger charge is -2.05. The molecule has 0 saturated heterocycles. The van der Waals surface area contributed by atoms with Crippen molar-refractivity contribution < 1.29 is 9.84 Å². The van der Waals surface area contributed by atoms with Gasteiger partial charge >= 0.3 is 0 Å². The van der Waals surface area contributed by atoms with Crippen LogP contribution >= 0.6 is 0 Å². The topological polar surface area (TPSA) is 55.1 Å². The van der Waals surface area contributed by atoms with Gasteiger partial charge in [-0.3, -0.25) is 5.11 Å². The summed E-state index contributed by atoms with van der Waals surface area (Å²) in [5.41, 5.74) is 6.13. The van der Waals surface area contributed by atoms with Crippen LogP contribution in [0.5, 0.6) is 11.5 Å². The van der Waals surface area contributed by atoms with Gasteiger partial charge in [-0.25, -0.2) is 0 Å². The molecule has 0 heterocycles. The summed E-state index contributed by atoms with van der Waals surface area (Å²) in [6.45, 7) is 0.333. The van der Waals surface area contributed by atoms with E-state index in [1.54, 1.807) is 12.1 Å². The van der Waals surface area contributed by atoms with Crippen LogP contribution in [0, 0.1) is 0 Å². The van der Waals surface area contributed by atoms with Crippen LogP contribution < -0.4 is 10.5 Å². The van der Waals surface area contributed by atoms with Gasteiger partial charge in [-0.2, -0.15) is 0 Å². The number of methoxy groups -OCH3 is 1. The summed E-state index contributed by atoms with van der Waals surface area (Å²) >= 11 is 0. The van der Waals surface area contributed by atoms with E-state index >= 15 is 0 Å². The average Bonchev–Trinajstić information content (AvgIpc) is 2.04. The summed E-state index contributed by atoms with van der Waals surface area (Å²) in [5.74, 6) is 0.241. The summed E-state index contributed by atoms with van der Waals surface area (Å²) in [7, 11) is 1.47. The second-order valence-electron chi connectivity index (χ2n) is 2.15. The van der Waals surface area contributed by atoms with E-state index < -0.39 is 0 Å². The van der Waals surface area contributed by atoms with Gasteiger partial charge in [-0.15, -0.1) is 0 Å². The Morgan fingerprint density at radius 3 is 2.73 bits per heavy atom. The molecular weight excluding hydrogens is 142 g/mol. The summed E-state index contributed by atoms with van der Waals surface area (Å²) < 4.78 is 4.87. The van der Waals surface area contributed by atoms with E-state index in [1.165, 1.54) is 13.2 Å². The van der Waals surface area contributed by atoms with E-state index in [9.17, 15) is 5.11 Å². The van der Waals surface area contributed by atoms with Crippen LogP contribution in [0.4, 0.5) is 0 Å². The molecule has 0 bridgehead atoms. The predicted octanol–water partition coefficient (Wildman–Crippen LogP) is 1.30. The van der Waals surface area contributed by atoms with E-state index in [1.807, 2.05) is 0 Å². The lowest BCUT2D eigenvalue weighted by atomic mass is 10.2. The molecule has 0 saturated carbocycles. The van der Waals surface area contributed by atoms with Crippen molar-refractivity contribution in [3.05, 3.63) is 23.8 Å². The predicted molar refractivity (Wildman–Crippen MR) is 41.0 cm³/mol. The molecule has 0 aromatic heterocycles. The number of para-hydroxylation sites is 1. The van der Waals surface area contributed by atoms with Crippen molar-refractivity contribution >= 4 is 0 Å². The van der Waals surface area contributed by atoms with E-state index in [0.29, 0.717) is 12.3 Å². The van der Waals surface area contributed by atoms with Crippen LogP contribution in [-0.4, -0.2) is 7.11 Å². The van der Waals surface area contributed by atoms with Crippen LogP contribution in [-0.2, 0) is 11.7 Å². The zero-order valence-electron chi connectivity index (χ0n) is 6.33. The first-order valence-corrected chi connectivity index (χ1v) is 3.32. The molecule has 59 valence electrons. The van der Waals surface area contributed by atoms with Crippen molar-refractivity contribution in [3.63, 3.8) is 0 Å².